The van der Waals surface area contributed by atoms with E-state index in [0.717, 1.165) is 0 Å². The molecule has 3 N–H and O–H groups in total. The quantitative estimate of drug-likeness (QED) is 0.247. The Morgan fingerprint density at radius 3 is 2.42 bits per heavy atom. The van der Waals surface area contributed by atoms with Crippen LogP contribution in [0.4, 0.5) is 0 Å². The second-order valence-corrected chi connectivity index (χ2v) is 4.49. The van der Waals surface area contributed by atoms with Gasteiger partial charge in [-0.2, -0.15) is 5.48 Å². The van der Waals surface area contributed by atoms with Crippen LogP contribution in [0, 0.1) is 17.0 Å². The molecule has 1 aromatic rings. The summed E-state index contributed by atoms with van der Waals surface area (Å²) in [5.74, 6) is -0.212. The van der Waals surface area contributed by atoms with Gasteiger partial charge in [-0.1, -0.05) is 12.2 Å². The summed E-state index contributed by atoms with van der Waals surface area (Å²) in [5, 5.41) is 29.3. The Bertz CT molecular complexity index is 603. The molecule has 0 saturated carbocycles. The highest BCUT2D eigenvalue weighted by Crippen LogP contribution is 2.48. The molecule has 0 aliphatic rings. The maximum Gasteiger partial charge on any atom is 0.311 e. The fourth-order valence-corrected chi connectivity index (χ4v) is 1.93. The predicted octanol–water partition coefficient (Wildman–Crippen LogP) is 1.17. The SMILES string of the molecule is COc1c(O)c(C)c(C=CCOCCNO[N+](=O)[O-])c(O)c1OC. The Morgan fingerprint density at radius 2 is 1.83 bits per heavy atom. The van der Waals surface area contributed by atoms with Crippen LogP contribution in [-0.4, -0.2) is 49.3 Å². The van der Waals surface area contributed by atoms with Crippen molar-refractivity contribution < 1.29 is 34.4 Å². The van der Waals surface area contributed by atoms with Crippen LogP contribution in [0.1, 0.15) is 11.1 Å². The number of hydroxylamine groups is 1. The third-order valence-electron chi connectivity index (χ3n) is 3.05. The van der Waals surface area contributed by atoms with Crippen molar-refractivity contribution >= 4 is 6.08 Å². The first-order valence-electron chi connectivity index (χ1n) is 6.88. The lowest BCUT2D eigenvalue weighted by molar-refractivity contribution is -0.776. The molecule has 0 aliphatic heterocycles. The first kappa shape index (κ1) is 19.3. The molecule has 0 amide bonds. The van der Waals surface area contributed by atoms with Crippen molar-refractivity contribution in [2.75, 3.05) is 34.0 Å². The molecule has 0 heterocycles. The number of hydrogen-bond donors (Lipinski definition) is 3. The zero-order valence-corrected chi connectivity index (χ0v) is 13.6. The fraction of sp³-hybridized carbons (Fsp3) is 0.429. The van der Waals surface area contributed by atoms with Gasteiger partial charge in [-0.15, -0.1) is 10.1 Å². The molecule has 0 unspecified atom stereocenters. The molecule has 0 fully saturated rings. The lowest BCUT2D eigenvalue weighted by Gasteiger charge is -2.16. The van der Waals surface area contributed by atoms with Gasteiger partial charge in [-0.05, 0) is 6.92 Å². The summed E-state index contributed by atoms with van der Waals surface area (Å²) in [7, 11) is 2.71. The standard InChI is InChI=1S/C14H20N2O8/c1-9-10(5-4-7-23-8-6-15-24-16(19)20)12(18)14(22-3)13(21-2)11(9)17/h4-5,15,17-18H,6-8H2,1-3H3. The number of methoxy groups -OCH3 is 2. The van der Waals surface area contributed by atoms with E-state index < -0.39 is 5.09 Å². The Labute approximate surface area is 138 Å². The number of nitrogens with zero attached hydrogens (tertiary/aromatic N) is 1. The van der Waals surface area contributed by atoms with E-state index in [0.29, 0.717) is 11.1 Å². The van der Waals surface area contributed by atoms with Gasteiger partial charge in [0.05, 0.1) is 27.4 Å². The molecule has 1 aromatic carbocycles. The fourth-order valence-electron chi connectivity index (χ4n) is 1.93. The first-order chi connectivity index (χ1) is 11.4. The molecule has 0 bridgehead atoms. The number of benzene rings is 1. The summed E-state index contributed by atoms with van der Waals surface area (Å²) in [6, 6.07) is 0. The van der Waals surface area contributed by atoms with Crippen LogP contribution in [0.15, 0.2) is 6.08 Å². The molecule has 0 aliphatic carbocycles. The number of rotatable bonds is 10. The summed E-state index contributed by atoms with van der Waals surface area (Å²) < 4.78 is 15.3. The third-order valence-corrected chi connectivity index (χ3v) is 3.05. The maximum absolute atomic E-state index is 10.2. The molecule has 0 atom stereocenters. The van der Waals surface area contributed by atoms with Crippen LogP contribution < -0.4 is 15.0 Å². The minimum Gasteiger partial charge on any atom is -0.504 e. The Balaban J connectivity index is 2.67. The van der Waals surface area contributed by atoms with Gasteiger partial charge in [0.15, 0.2) is 11.5 Å². The lowest BCUT2D eigenvalue weighted by atomic mass is 10.0. The average Bonchev–Trinajstić information content (AvgIpc) is 2.55. The molecule has 0 radical (unpaired) electrons. The van der Waals surface area contributed by atoms with Crippen molar-refractivity contribution in [2.45, 2.75) is 6.92 Å². The zero-order chi connectivity index (χ0) is 18.1. The molecule has 10 heteroatoms. The highest BCUT2D eigenvalue weighted by atomic mass is 17.0. The van der Waals surface area contributed by atoms with E-state index in [-0.39, 0.29) is 42.8 Å². The Morgan fingerprint density at radius 1 is 1.21 bits per heavy atom. The van der Waals surface area contributed by atoms with Crippen LogP contribution in [0.2, 0.25) is 0 Å². The second-order valence-electron chi connectivity index (χ2n) is 4.49. The van der Waals surface area contributed by atoms with Crippen molar-refractivity contribution in [3.63, 3.8) is 0 Å². The molecule has 24 heavy (non-hydrogen) atoms. The van der Waals surface area contributed by atoms with E-state index in [1.807, 2.05) is 0 Å². The monoisotopic (exact) mass is 344 g/mol. The average molecular weight is 344 g/mol. The Kier molecular flexibility index (Phi) is 7.59. The minimum absolute atomic E-state index is 0.0299. The molecule has 0 spiro atoms. The van der Waals surface area contributed by atoms with Crippen LogP contribution >= 0.6 is 0 Å². The lowest BCUT2D eigenvalue weighted by Crippen LogP contribution is -2.23. The minimum atomic E-state index is -0.963. The number of nitrogens with one attached hydrogen (secondary N) is 1. The van der Waals surface area contributed by atoms with Gasteiger partial charge in [-0.3, -0.25) is 0 Å². The van der Waals surface area contributed by atoms with Gasteiger partial charge in [0.1, 0.15) is 0 Å². The Hall–Kier alpha value is -2.72. The highest BCUT2D eigenvalue weighted by Gasteiger charge is 2.21. The first-order valence-corrected chi connectivity index (χ1v) is 6.88. The molecule has 134 valence electrons. The molecular weight excluding hydrogens is 324 g/mol. The predicted molar refractivity (Wildman–Crippen MR) is 83.5 cm³/mol. The van der Waals surface area contributed by atoms with E-state index in [9.17, 15) is 20.3 Å². The van der Waals surface area contributed by atoms with Gasteiger partial charge >= 0.3 is 5.09 Å². The second kappa shape index (κ2) is 9.43. The van der Waals surface area contributed by atoms with Crippen LogP contribution in [0.3, 0.4) is 0 Å². The number of hydrogen-bond acceptors (Lipinski definition) is 9. The highest BCUT2D eigenvalue weighted by molar-refractivity contribution is 5.74. The van der Waals surface area contributed by atoms with E-state index in [2.05, 4.69) is 10.4 Å². The van der Waals surface area contributed by atoms with E-state index in [1.54, 1.807) is 19.1 Å². The van der Waals surface area contributed by atoms with Gasteiger partial charge in [-0.25, -0.2) is 4.94 Å². The van der Waals surface area contributed by atoms with Crippen LogP contribution in [0.25, 0.3) is 6.08 Å². The van der Waals surface area contributed by atoms with Crippen molar-refractivity contribution in [2.24, 2.45) is 0 Å². The molecule has 0 saturated heterocycles. The maximum atomic E-state index is 10.2. The van der Waals surface area contributed by atoms with Gasteiger partial charge in [0.25, 0.3) is 0 Å². The number of aromatic hydroxyl groups is 2. The van der Waals surface area contributed by atoms with Gasteiger partial charge in [0.2, 0.25) is 11.5 Å². The number of phenolic OH excluding ortho intramolecular Hbond substituents is 2. The third kappa shape index (κ3) is 4.89. The smallest absolute Gasteiger partial charge is 0.311 e. The summed E-state index contributed by atoms with van der Waals surface area (Å²) in [4.78, 5) is 13.8. The normalized spacial score (nSPS) is 10.8. The van der Waals surface area contributed by atoms with Crippen LogP contribution in [0.5, 0.6) is 23.0 Å². The largest absolute Gasteiger partial charge is 0.504 e. The zero-order valence-electron chi connectivity index (χ0n) is 13.6. The summed E-state index contributed by atoms with van der Waals surface area (Å²) in [5.41, 5.74) is 2.88. The summed E-state index contributed by atoms with van der Waals surface area (Å²) >= 11 is 0. The van der Waals surface area contributed by atoms with Crippen molar-refractivity contribution in [3.05, 3.63) is 27.3 Å². The summed E-state index contributed by atoms with van der Waals surface area (Å²) in [6.45, 7) is 2.13. The molecule has 10 nitrogen and oxygen atoms in total. The van der Waals surface area contributed by atoms with Gasteiger partial charge in [0, 0.05) is 17.7 Å². The topological polar surface area (TPSA) is 133 Å². The van der Waals surface area contributed by atoms with E-state index in [1.165, 1.54) is 14.2 Å². The number of ether oxygens (including phenoxy) is 3. The van der Waals surface area contributed by atoms with Crippen LogP contribution in [-0.2, 0) is 9.68 Å². The van der Waals surface area contributed by atoms with Crippen molar-refractivity contribution in [1.82, 2.24) is 5.48 Å². The number of phenols is 2. The van der Waals surface area contributed by atoms with Crippen molar-refractivity contribution in [3.8, 4) is 23.0 Å². The molecular formula is C14H20N2O8. The van der Waals surface area contributed by atoms with Gasteiger partial charge < -0.3 is 24.4 Å². The van der Waals surface area contributed by atoms with E-state index in [4.69, 9.17) is 14.2 Å². The van der Waals surface area contributed by atoms with Crippen molar-refractivity contribution in [1.29, 1.82) is 0 Å². The molecule has 1 rings (SSSR count). The van der Waals surface area contributed by atoms with E-state index >= 15 is 0 Å². The molecule has 0 aromatic heterocycles. The summed E-state index contributed by atoms with van der Waals surface area (Å²) in [6.07, 6.45) is 3.18.